The number of methoxy groups -OCH3 is 2. The lowest BCUT2D eigenvalue weighted by atomic mass is 9.97. The SMILES string of the molecule is C=C(CC(CC(C(=O)OC)[Si](C)(C)C)(C(=O)OC)[Si](C)(C)C)[Si](C)(C)C. The Hall–Kier alpha value is -0.669. The van der Waals surface area contributed by atoms with Crippen LogP contribution in [-0.2, 0) is 19.1 Å². The van der Waals surface area contributed by atoms with Gasteiger partial charge in [-0.1, -0.05) is 64.1 Å². The maximum atomic E-state index is 13.2. The third kappa shape index (κ3) is 5.92. The molecule has 0 amide bonds. The van der Waals surface area contributed by atoms with Crippen LogP contribution in [0.2, 0.25) is 69.5 Å². The Kier molecular flexibility index (Phi) is 8.34. The van der Waals surface area contributed by atoms with Crippen LogP contribution in [0.25, 0.3) is 0 Å². The molecule has 0 aliphatic carbocycles. The maximum Gasteiger partial charge on any atom is 0.309 e. The predicted octanol–water partition coefficient (Wildman–Crippen LogP) is 5.33. The first-order valence-electron chi connectivity index (χ1n) is 9.28. The third-order valence-electron chi connectivity index (χ3n) is 5.67. The van der Waals surface area contributed by atoms with Crippen LogP contribution in [0.5, 0.6) is 0 Å². The van der Waals surface area contributed by atoms with E-state index in [-0.39, 0.29) is 17.5 Å². The summed E-state index contributed by atoms with van der Waals surface area (Å²) in [4.78, 5) is 25.8. The van der Waals surface area contributed by atoms with E-state index in [1.54, 1.807) is 0 Å². The lowest BCUT2D eigenvalue weighted by molar-refractivity contribution is -0.146. The molecule has 7 heteroatoms. The lowest BCUT2D eigenvalue weighted by Crippen LogP contribution is -2.50. The Bertz CT molecular complexity index is 538. The van der Waals surface area contributed by atoms with E-state index in [0.717, 1.165) is 5.20 Å². The van der Waals surface area contributed by atoms with Crippen molar-refractivity contribution in [3.05, 3.63) is 11.8 Å². The highest BCUT2D eigenvalue weighted by molar-refractivity contribution is 6.85. The monoisotopic (exact) mass is 416 g/mol. The molecule has 0 aliphatic rings. The second kappa shape index (κ2) is 8.56. The number of allylic oxidation sites excluding steroid dienone is 1. The van der Waals surface area contributed by atoms with Crippen LogP contribution >= 0.6 is 0 Å². The molecule has 0 saturated carbocycles. The van der Waals surface area contributed by atoms with E-state index >= 15 is 0 Å². The largest absolute Gasteiger partial charge is 0.469 e. The summed E-state index contributed by atoms with van der Waals surface area (Å²) in [5.74, 6) is -0.391. The van der Waals surface area contributed by atoms with Crippen LogP contribution in [0.4, 0.5) is 0 Å². The third-order valence-corrected chi connectivity index (χ3v) is 14.0. The van der Waals surface area contributed by atoms with Gasteiger partial charge in [0, 0.05) is 0 Å². The van der Waals surface area contributed by atoms with Crippen molar-refractivity contribution in [1.82, 2.24) is 0 Å². The molecule has 0 aliphatic heterocycles. The van der Waals surface area contributed by atoms with Crippen molar-refractivity contribution in [3.63, 3.8) is 0 Å². The minimum atomic E-state index is -2.06. The number of ether oxygens (including phenoxy) is 2. The van der Waals surface area contributed by atoms with E-state index in [1.165, 1.54) is 14.2 Å². The zero-order chi connectivity index (χ0) is 21.1. The van der Waals surface area contributed by atoms with Crippen LogP contribution in [0.1, 0.15) is 12.8 Å². The van der Waals surface area contributed by atoms with E-state index < -0.39 is 29.3 Å². The summed E-state index contributed by atoms with van der Waals surface area (Å²) in [5.41, 5.74) is -0.243. The molecule has 2 atom stereocenters. The first kappa shape index (κ1) is 25.3. The zero-order valence-corrected chi connectivity index (χ0v) is 21.8. The summed E-state index contributed by atoms with van der Waals surface area (Å²) < 4.78 is 10.4. The van der Waals surface area contributed by atoms with Gasteiger partial charge >= 0.3 is 11.9 Å². The standard InChI is InChI=1S/C19H40O4Si3/c1-15(24(4,5)6)13-19(18(21)23-3,26(10,11)12)14-16(17(20)22-2)25(7,8)9/h16H,1,13-14H2,2-12H3. The highest BCUT2D eigenvalue weighted by Crippen LogP contribution is 2.53. The van der Waals surface area contributed by atoms with Gasteiger partial charge in [0.25, 0.3) is 0 Å². The summed E-state index contributed by atoms with van der Waals surface area (Å²) in [5, 5.41) is 0.489. The summed E-state index contributed by atoms with van der Waals surface area (Å²) in [6.07, 6.45) is 1.12. The number of hydrogen-bond donors (Lipinski definition) is 0. The summed E-state index contributed by atoms with van der Waals surface area (Å²) in [6, 6.07) is 0. The van der Waals surface area contributed by atoms with Crippen LogP contribution in [0.15, 0.2) is 11.8 Å². The van der Waals surface area contributed by atoms with E-state index in [4.69, 9.17) is 9.47 Å². The fourth-order valence-electron chi connectivity index (χ4n) is 3.16. The fourth-order valence-corrected chi connectivity index (χ4v) is 8.44. The van der Waals surface area contributed by atoms with Gasteiger partial charge in [-0.15, -0.1) is 6.58 Å². The van der Waals surface area contributed by atoms with Gasteiger partial charge in [0.05, 0.1) is 49.0 Å². The van der Waals surface area contributed by atoms with Crippen LogP contribution in [-0.4, -0.2) is 50.4 Å². The lowest BCUT2D eigenvalue weighted by Gasteiger charge is -2.46. The molecule has 0 rings (SSSR count). The maximum absolute atomic E-state index is 13.2. The quantitative estimate of drug-likeness (QED) is 0.376. The predicted molar refractivity (Wildman–Crippen MR) is 119 cm³/mol. The van der Waals surface area contributed by atoms with Crippen molar-refractivity contribution in [2.75, 3.05) is 14.2 Å². The second-order valence-electron chi connectivity index (χ2n) is 10.5. The molecule has 2 unspecified atom stereocenters. The van der Waals surface area contributed by atoms with Gasteiger partial charge in [0.1, 0.15) is 0 Å². The Morgan fingerprint density at radius 3 is 1.65 bits per heavy atom. The molecule has 26 heavy (non-hydrogen) atoms. The minimum Gasteiger partial charge on any atom is -0.469 e. The summed E-state index contributed by atoms with van der Waals surface area (Å²) in [6.45, 7) is 24.2. The highest BCUT2D eigenvalue weighted by atomic mass is 28.3. The molecule has 0 N–H and O–H groups in total. The Balaban J connectivity index is 6.41. The van der Waals surface area contributed by atoms with Gasteiger partial charge in [-0.05, 0) is 12.8 Å². The smallest absolute Gasteiger partial charge is 0.309 e. The van der Waals surface area contributed by atoms with E-state index in [9.17, 15) is 9.59 Å². The minimum absolute atomic E-state index is 0.191. The normalized spacial score (nSPS) is 16.4. The van der Waals surface area contributed by atoms with E-state index in [1.807, 2.05) is 0 Å². The van der Waals surface area contributed by atoms with Crippen LogP contribution in [0, 0.1) is 0 Å². The molecule has 0 radical (unpaired) electrons. The van der Waals surface area contributed by atoms with Crippen molar-refractivity contribution >= 4 is 36.2 Å². The van der Waals surface area contributed by atoms with E-state index in [0.29, 0.717) is 12.8 Å². The van der Waals surface area contributed by atoms with Gasteiger partial charge in [0.2, 0.25) is 0 Å². The van der Waals surface area contributed by atoms with Crippen LogP contribution < -0.4 is 0 Å². The number of esters is 2. The Labute approximate surface area is 163 Å². The van der Waals surface area contributed by atoms with Crippen molar-refractivity contribution in [3.8, 4) is 0 Å². The molecule has 152 valence electrons. The van der Waals surface area contributed by atoms with Crippen molar-refractivity contribution in [1.29, 1.82) is 0 Å². The molecule has 0 bridgehead atoms. The Morgan fingerprint density at radius 1 is 0.923 bits per heavy atom. The van der Waals surface area contributed by atoms with Gasteiger partial charge in [-0.3, -0.25) is 9.59 Å². The molecule has 0 aromatic heterocycles. The number of rotatable bonds is 9. The molecule has 0 aromatic carbocycles. The fraction of sp³-hybridized carbons (Fsp3) is 0.789. The average molecular weight is 417 g/mol. The van der Waals surface area contributed by atoms with Crippen LogP contribution in [0.3, 0.4) is 0 Å². The molecular formula is C19H40O4Si3. The first-order valence-corrected chi connectivity index (χ1v) is 19.9. The van der Waals surface area contributed by atoms with Gasteiger partial charge in [-0.25, -0.2) is 0 Å². The van der Waals surface area contributed by atoms with Crippen molar-refractivity contribution in [2.24, 2.45) is 0 Å². The molecule has 0 aromatic rings. The number of carbonyl (C=O) groups is 2. The highest BCUT2D eigenvalue weighted by Gasteiger charge is 2.55. The molecule has 0 fully saturated rings. The van der Waals surface area contributed by atoms with Crippen molar-refractivity contribution in [2.45, 2.75) is 82.3 Å². The average Bonchev–Trinajstić information content (AvgIpc) is 2.45. The second-order valence-corrected chi connectivity index (χ2v) is 26.6. The number of hydrogen-bond acceptors (Lipinski definition) is 4. The topological polar surface area (TPSA) is 52.6 Å². The molecule has 0 saturated heterocycles. The Morgan fingerprint density at radius 2 is 1.38 bits per heavy atom. The first-order chi connectivity index (χ1) is 11.4. The van der Waals surface area contributed by atoms with E-state index in [2.05, 4.69) is 65.5 Å². The number of carbonyl (C=O) groups excluding carboxylic acids is 2. The molecule has 0 spiro atoms. The molecule has 4 nitrogen and oxygen atoms in total. The molecule has 0 heterocycles. The van der Waals surface area contributed by atoms with Gasteiger partial charge < -0.3 is 9.47 Å². The van der Waals surface area contributed by atoms with Gasteiger partial charge in [0.15, 0.2) is 0 Å². The molecular weight excluding hydrogens is 376 g/mol. The zero-order valence-electron chi connectivity index (χ0n) is 18.8. The summed E-state index contributed by atoms with van der Waals surface area (Å²) in [7, 11) is -2.69. The van der Waals surface area contributed by atoms with Gasteiger partial charge in [-0.2, -0.15) is 0 Å². The van der Waals surface area contributed by atoms with Crippen molar-refractivity contribution < 1.29 is 19.1 Å². The summed E-state index contributed by atoms with van der Waals surface area (Å²) >= 11 is 0.